The Kier molecular flexibility index (Phi) is 6.26. The lowest BCUT2D eigenvalue weighted by Gasteiger charge is -2.33. The summed E-state index contributed by atoms with van der Waals surface area (Å²) in [7, 11) is -1.64. The molecule has 16 heavy (non-hydrogen) atoms. The Bertz CT molecular complexity index is 279. The van der Waals surface area contributed by atoms with Crippen molar-refractivity contribution in [2.75, 3.05) is 6.54 Å². The monoisotopic (exact) mass is 241 g/mol. The van der Waals surface area contributed by atoms with Gasteiger partial charge in [-0.3, -0.25) is 9.59 Å². The van der Waals surface area contributed by atoms with Crippen LogP contribution in [0, 0.1) is 0 Å². The maximum atomic E-state index is 11.9. The van der Waals surface area contributed by atoms with E-state index >= 15 is 0 Å². The fraction of sp³-hybridized carbons (Fsp3) is 0.667. The normalized spacial score (nSPS) is 11.8. The molecule has 0 aromatic rings. The summed E-state index contributed by atoms with van der Waals surface area (Å²) >= 11 is 0. The fourth-order valence-corrected chi connectivity index (χ4v) is 2.94. The summed E-state index contributed by atoms with van der Waals surface area (Å²) in [5, 5.41) is 0. The van der Waals surface area contributed by atoms with Gasteiger partial charge in [-0.25, -0.2) is 0 Å². The minimum absolute atomic E-state index is 0.0252. The molecule has 0 bridgehead atoms. The first kappa shape index (κ1) is 15.1. The first-order valence-corrected chi connectivity index (χ1v) is 9.24. The van der Waals surface area contributed by atoms with Crippen molar-refractivity contribution in [1.82, 2.24) is 4.57 Å². The molecule has 0 aromatic heterocycles. The number of nitrogens with zero attached hydrogens (tertiary/aromatic N) is 1. The summed E-state index contributed by atoms with van der Waals surface area (Å²) in [4.78, 5) is 22.7. The van der Waals surface area contributed by atoms with Crippen LogP contribution in [0.15, 0.2) is 12.2 Å². The Morgan fingerprint density at radius 3 is 2.12 bits per heavy atom. The molecule has 0 spiro atoms. The van der Waals surface area contributed by atoms with Crippen LogP contribution in [0.1, 0.15) is 26.7 Å². The molecule has 0 fully saturated rings. The Morgan fingerprint density at radius 2 is 1.75 bits per heavy atom. The zero-order valence-corrected chi connectivity index (χ0v) is 12.0. The van der Waals surface area contributed by atoms with E-state index in [9.17, 15) is 9.59 Å². The Balaban J connectivity index is 4.63. The molecule has 3 nitrogen and oxygen atoms in total. The third kappa shape index (κ3) is 5.85. The van der Waals surface area contributed by atoms with Crippen molar-refractivity contribution in [3.8, 4) is 0 Å². The van der Waals surface area contributed by atoms with Crippen molar-refractivity contribution in [1.29, 1.82) is 0 Å². The molecular weight excluding hydrogens is 218 g/mol. The number of rotatable bonds is 6. The molecule has 0 aliphatic heterocycles. The summed E-state index contributed by atoms with van der Waals surface area (Å²) in [6.45, 7) is 10.8. The van der Waals surface area contributed by atoms with E-state index in [1.54, 1.807) is 0 Å². The summed E-state index contributed by atoms with van der Waals surface area (Å²) in [5.74, 6) is -0.109. The van der Waals surface area contributed by atoms with Gasteiger partial charge >= 0.3 is 0 Å². The van der Waals surface area contributed by atoms with Crippen LogP contribution in [0.4, 0.5) is 0 Å². The second kappa shape index (κ2) is 6.63. The quantitative estimate of drug-likeness (QED) is 0.529. The van der Waals surface area contributed by atoms with E-state index in [0.717, 1.165) is 19.4 Å². The van der Waals surface area contributed by atoms with E-state index < -0.39 is 8.24 Å². The van der Waals surface area contributed by atoms with Crippen LogP contribution in [0.25, 0.3) is 0 Å². The molecule has 1 amide bonds. The summed E-state index contributed by atoms with van der Waals surface area (Å²) in [6, 6.07) is 0. The molecule has 0 saturated heterocycles. The van der Waals surface area contributed by atoms with Crippen molar-refractivity contribution in [3.63, 3.8) is 0 Å². The van der Waals surface area contributed by atoms with Crippen LogP contribution in [0.2, 0.25) is 19.6 Å². The van der Waals surface area contributed by atoms with E-state index in [4.69, 9.17) is 0 Å². The number of hydrogen-bond acceptors (Lipinski definition) is 2. The third-order valence-electron chi connectivity index (χ3n) is 2.27. The van der Waals surface area contributed by atoms with Crippen LogP contribution in [-0.2, 0) is 9.59 Å². The van der Waals surface area contributed by atoms with Gasteiger partial charge in [-0.05, 0) is 19.4 Å². The molecule has 92 valence electrons. The molecule has 0 atom stereocenters. The second-order valence-electron chi connectivity index (χ2n) is 4.96. The Labute approximate surface area is 99.6 Å². The van der Waals surface area contributed by atoms with E-state index in [2.05, 4.69) is 26.6 Å². The van der Waals surface area contributed by atoms with Crippen molar-refractivity contribution >= 4 is 19.9 Å². The summed E-state index contributed by atoms with van der Waals surface area (Å²) < 4.78 is 1.94. The molecule has 0 aliphatic carbocycles. The highest BCUT2D eigenvalue weighted by Gasteiger charge is 2.26. The van der Waals surface area contributed by atoms with E-state index in [-0.39, 0.29) is 11.7 Å². The fourth-order valence-electron chi connectivity index (χ4n) is 1.37. The highest BCUT2D eigenvalue weighted by atomic mass is 28.3. The zero-order chi connectivity index (χ0) is 12.8. The average Bonchev–Trinajstić information content (AvgIpc) is 2.13. The van der Waals surface area contributed by atoms with Gasteiger partial charge in [0.15, 0.2) is 14.0 Å². The molecule has 0 aromatic carbocycles. The minimum Gasteiger partial charge on any atom is -0.367 e. The van der Waals surface area contributed by atoms with Gasteiger partial charge in [0.2, 0.25) is 5.91 Å². The highest BCUT2D eigenvalue weighted by molar-refractivity contribution is 6.75. The van der Waals surface area contributed by atoms with Crippen LogP contribution < -0.4 is 0 Å². The van der Waals surface area contributed by atoms with Crippen LogP contribution in [-0.4, -0.2) is 31.0 Å². The van der Waals surface area contributed by atoms with Gasteiger partial charge in [0.1, 0.15) is 0 Å². The maximum absolute atomic E-state index is 11.9. The molecule has 0 unspecified atom stereocenters. The largest absolute Gasteiger partial charge is 0.367 e. The van der Waals surface area contributed by atoms with Crippen LogP contribution in [0.5, 0.6) is 0 Å². The molecule has 0 rings (SSSR count). The number of ketones is 1. The summed E-state index contributed by atoms with van der Waals surface area (Å²) in [5.41, 5.74) is 0. The highest BCUT2D eigenvalue weighted by Crippen LogP contribution is 2.11. The topological polar surface area (TPSA) is 37.4 Å². The Hall–Kier alpha value is -0.903. The van der Waals surface area contributed by atoms with Crippen LogP contribution in [0.3, 0.4) is 0 Å². The maximum Gasteiger partial charge on any atom is 0.238 e. The first-order chi connectivity index (χ1) is 7.29. The molecule has 0 N–H and O–H groups in total. The summed E-state index contributed by atoms with van der Waals surface area (Å²) in [6.07, 6.45) is 4.84. The SMILES string of the molecule is CCCCN(C(=O)/C=C\C(C)=O)[Si](C)(C)C. The van der Waals surface area contributed by atoms with Gasteiger partial charge in [-0.1, -0.05) is 33.0 Å². The predicted octanol–water partition coefficient (Wildman–Crippen LogP) is 2.60. The van der Waals surface area contributed by atoms with E-state index in [1.165, 1.54) is 19.1 Å². The number of unbranched alkanes of at least 4 members (excludes halogenated alkanes) is 1. The van der Waals surface area contributed by atoms with Gasteiger partial charge < -0.3 is 4.57 Å². The van der Waals surface area contributed by atoms with Gasteiger partial charge in [-0.15, -0.1) is 0 Å². The van der Waals surface area contributed by atoms with Crippen molar-refractivity contribution in [2.24, 2.45) is 0 Å². The number of carbonyl (C=O) groups excluding carboxylic acids is 2. The molecular formula is C12H23NO2Si. The number of amides is 1. The minimum atomic E-state index is -1.64. The van der Waals surface area contributed by atoms with Crippen molar-refractivity contribution < 1.29 is 9.59 Å². The molecule has 0 heterocycles. The average molecular weight is 241 g/mol. The molecule has 0 radical (unpaired) electrons. The molecule has 0 saturated carbocycles. The number of hydrogen-bond donors (Lipinski definition) is 0. The standard InChI is InChI=1S/C12H23NO2Si/c1-6-7-10-13(16(3,4)5)12(15)9-8-11(2)14/h8-9H,6-7,10H2,1-5H3/b9-8-. The third-order valence-corrected chi connectivity index (χ3v) is 4.34. The van der Waals surface area contributed by atoms with Gasteiger partial charge in [0.05, 0.1) is 0 Å². The van der Waals surface area contributed by atoms with Gasteiger partial charge in [0, 0.05) is 12.6 Å². The van der Waals surface area contributed by atoms with Gasteiger partial charge in [0.25, 0.3) is 0 Å². The van der Waals surface area contributed by atoms with E-state index in [1.807, 2.05) is 4.57 Å². The number of carbonyl (C=O) groups is 2. The van der Waals surface area contributed by atoms with Gasteiger partial charge in [-0.2, -0.15) is 0 Å². The van der Waals surface area contributed by atoms with Crippen molar-refractivity contribution in [2.45, 2.75) is 46.3 Å². The number of allylic oxidation sites excluding steroid dienone is 1. The first-order valence-electron chi connectivity index (χ1n) is 5.79. The zero-order valence-electron chi connectivity index (χ0n) is 11.0. The Morgan fingerprint density at radius 1 is 1.19 bits per heavy atom. The lowest BCUT2D eigenvalue weighted by molar-refractivity contribution is -0.122. The second-order valence-corrected chi connectivity index (χ2v) is 9.84. The predicted molar refractivity (Wildman–Crippen MR) is 69.8 cm³/mol. The molecule has 0 aliphatic rings. The smallest absolute Gasteiger partial charge is 0.238 e. The lowest BCUT2D eigenvalue weighted by atomic mass is 10.3. The van der Waals surface area contributed by atoms with Crippen molar-refractivity contribution in [3.05, 3.63) is 12.2 Å². The van der Waals surface area contributed by atoms with Crippen LogP contribution >= 0.6 is 0 Å². The lowest BCUT2D eigenvalue weighted by Crippen LogP contribution is -2.49. The van der Waals surface area contributed by atoms with E-state index in [0.29, 0.717) is 0 Å². The molecule has 4 heteroatoms.